The van der Waals surface area contributed by atoms with Crippen molar-refractivity contribution in [1.82, 2.24) is 9.78 Å². The third-order valence-corrected chi connectivity index (χ3v) is 8.51. The standard InChI is InChI=1S/C21H17N3O5.Sn/c25-12-17-14-5-4-6-15-19(14)23-24(20(15)26)9-2-1-3-10-29-18-11-13(21(27)28)7-8-16(18)22-17;/h4-7,11,23H,1-3,9-10H2,(H,27,28);. The number of fused-ring (bicyclic) bond motifs is 2. The van der Waals surface area contributed by atoms with Gasteiger partial charge in [-0.25, -0.2) is 0 Å². The molecule has 0 fully saturated rings. The molecule has 2 N–H and O–H groups in total. The van der Waals surface area contributed by atoms with Crippen LogP contribution in [0.2, 0.25) is 0 Å². The van der Waals surface area contributed by atoms with Gasteiger partial charge in [0.2, 0.25) is 0 Å². The summed E-state index contributed by atoms with van der Waals surface area (Å²) in [6.07, 6.45) is 2.42. The molecule has 4 bridgehead atoms. The SMILES string of the molecule is O=[C]1[Sn][c]2cc(C(=O)O)cc3c2N=C1c1cccc2c(=O)n([nH]c12)CCCCCO3. The molecule has 0 amide bonds. The molecule has 0 atom stereocenters. The normalized spacial score (nSPS) is 16.1. The summed E-state index contributed by atoms with van der Waals surface area (Å²) in [4.78, 5) is 42.0. The number of aliphatic imine (C=N–C) groups is 1. The summed E-state index contributed by atoms with van der Waals surface area (Å²) in [5.41, 5.74) is 2.09. The quantitative estimate of drug-likeness (QED) is 0.483. The second kappa shape index (κ2) is 7.42. The van der Waals surface area contributed by atoms with Crippen molar-refractivity contribution >= 4 is 56.8 Å². The Kier molecular flexibility index (Phi) is 4.73. The van der Waals surface area contributed by atoms with E-state index in [1.54, 1.807) is 28.9 Å². The van der Waals surface area contributed by atoms with Crippen LogP contribution in [0.3, 0.4) is 0 Å². The molecule has 0 unspecified atom stereocenters. The number of hydrogen-bond donors (Lipinski definition) is 2. The number of carbonyl (C=O) groups excluding carboxylic acids is 1. The summed E-state index contributed by atoms with van der Waals surface area (Å²) in [6.45, 7) is 0.966. The van der Waals surface area contributed by atoms with Crippen LogP contribution in [-0.4, -0.2) is 58.1 Å². The Balaban J connectivity index is 1.78. The predicted molar refractivity (Wildman–Crippen MR) is 112 cm³/mol. The summed E-state index contributed by atoms with van der Waals surface area (Å²) in [7, 11) is 0. The summed E-state index contributed by atoms with van der Waals surface area (Å²) in [6, 6.07) is 8.35. The van der Waals surface area contributed by atoms with Gasteiger partial charge in [-0.1, -0.05) is 0 Å². The number of aryl methyl sites for hydroxylation is 1. The second-order valence-electron chi connectivity index (χ2n) is 7.30. The van der Waals surface area contributed by atoms with Crippen molar-refractivity contribution in [3.63, 3.8) is 0 Å². The number of hydrogen-bond acceptors (Lipinski definition) is 5. The predicted octanol–water partition coefficient (Wildman–Crippen LogP) is 1.58. The van der Waals surface area contributed by atoms with Gasteiger partial charge in [0.15, 0.2) is 0 Å². The molecule has 2 aromatic carbocycles. The Labute approximate surface area is 180 Å². The first kappa shape index (κ1) is 19.1. The van der Waals surface area contributed by atoms with Crippen LogP contribution in [0.1, 0.15) is 35.2 Å². The van der Waals surface area contributed by atoms with Gasteiger partial charge in [0.1, 0.15) is 0 Å². The van der Waals surface area contributed by atoms with E-state index >= 15 is 0 Å². The summed E-state index contributed by atoms with van der Waals surface area (Å²) < 4.78 is 8.15. The molecule has 0 saturated carbocycles. The third kappa shape index (κ3) is 3.15. The third-order valence-electron chi connectivity index (χ3n) is 5.33. The number of H-pyrrole nitrogens is 1. The number of nitrogens with one attached hydrogen (secondary N) is 1. The number of nitrogens with zero attached hydrogens (tertiary/aromatic N) is 2. The van der Waals surface area contributed by atoms with E-state index in [-0.39, 0.29) is 14.9 Å². The molecule has 5 rings (SSSR count). The number of carboxylic acid groups (broad SMARTS) is 1. The number of rotatable bonds is 1. The Hall–Kier alpha value is -2.88. The van der Waals surface area contributed by atoms with E-state index in [4.69, 9.17) is 4.74 Å². The molecule has 9 heteroatoms. The molecule has 2 radical (unpaired) electrons. The fraction of sp³-hybridized carbons (Fsp3) is 0.238. The van der Waals surface area contributed by atoms with Crippen LogP contribution in [0.5, 0.6) is 5.75 Å². The molecule has 2 aliphatic rings. The maximum absolute atomic E-state index is 13.0. The zero-order chi connectivity index (χ0) is 20.8. The van der Waals surface area contributed by atoms with Gasteiger partial charge in [-0.3, -0.25) is 0 Å². The molecule has 3 heterocycles. The van der Waals surface area contributed by atoms with Crippen molar-refractivity contribution in [2.24, 2.45) is 4.99 Å². The van der Waals surface area contributed by atoms with Gasteiger partial charge in [-0.2, -0.15) is 0 Å². The maximum atomic E-state index is 13.0. The molecule has 8 nitrogen and oxygen atoms in total. The van der Waals surface area contributed by atoms with E-state index < -0.39 is 27.1 Å². The first-order valence-corrected chi connectivity index (χ1v) is 12.5. The van der Waals surface area contributed by atoms with E-state index in [1.165, 1.54) is 6.07 Å². The number of aromatic amines is 1. The van der Waals surface area contributed by atoms with Crippen molar-refractivity contribution in [2.45, 2.75) is 25.8 Å². The van der Waals surface area contributed by atoms with Crippen LogP contribution in [-0.2, 0) is 11.3 Å². The van der Waals surface area contributed by atoms with Gasteiger partial charge in [0.05, 0.1) is 0 Å². The first-order valence-electron chi connectivity index (χ1n) is 9.69. The molecule has 3 aromatic rings. The van der Waals surface area contributed by atoms with E-state index in [0.29, 0.717) is 50.3 Å². The van der Waals surface area contributed by atoms with Crippen LogP contribution >= 0.6 is 0 Å². The number of carboxylic acids is 1. The molecule has 0 saturated heterocycles. The van der Waals surface area contributed by atoms with Crippen LogP contribution in [0.4, 0.5) is 5.69 Å². The number of carbonyl (C=O) groups is 2. The Morgan fingerprint density at radius 1 is 1.20 bits per heavy atom. The number of aromatic nitrogens is 2. The average molecular weight is 510 g/mol. The molecular weight excluding hydrogens is 493 g/mol. The molecule has 0 aliphatic carbocycles. The fourth-order valence-electron chi connectivity index (χ4n) is 3.85. The zero-order valence-corrected chi connectivity index (χ0v) is 18.8. The van der Waals surface area contributed by atoms with Crippen molar-refractivity contribution in [3.05, 3.63) is 51.8 Å². The molecule has 2 aliphatic heterocycles. The Morgan fingerprint density at radius 2 is 2.07 bits per heavy atom. The van der Waals surface area contributed by atoms with E-state index in [2.05, 4.69) is 10.1 Å². The minimum absolute atomic E-state index is 0.0622. The van der Waals surface area contributed by atoms with Crippen LogP contribution in [0, 0.1) is 0 Å². The van der Waals surface area contributed by atoms with Crippen LogP contribution < -0.4 is 13.9 Å². The summed E-state index contributed by atoms with van der Waals surface area (Å²) >= 11 is -1.82. The topological polar surface area (TPSA) is 114 Å². The number of para-hydroxylation sites is 1. The fourth-order valence-corrected chi connectivity index (χ4v) is 6.93. The molecule has 1 aromatic heterocycles. The second-order valence-corrected chi connectivity index (χ2v) is 10.8. The van der Waals surface area contributed by atoms with Crippen molar-refractivity contribution in [1.29, 1.82) is 0 Å². The van der Waals surface area contributed by atoms with E-state index in [0.717, 1.165) is 19.3 Å². The summed E-state index contributed by atoms with van der Waals surface area (Å²) in [5, 5.41) is 13.2. The van der Waals surface area contributed by atoms with Crippen molar-refractivity contribution < 1.29 is 19.4 Å². The van der Waals surface area contributed by atoms with Crippen LogP contribution in [0.25, 0.3) is 10.9 Å². The van der Waals surface area contributed by atoms with Gasteiger partial charge in [0, 0.05) is 0 Å². The molecule has 150 valence electrons. The van der Waals surface area contributed by atoms with Gasteiger partial charge in [-0.15, -0.1) is 0 Å². The zero-order valence-electron chi connectivity index (χ0n) is 15.9. The Morgan fingerprint density at radius 3 is 2.90 bits per heavy atom. The number of benzene rings is 2. The number of ether oxygens (including phenoxy) is 1. The van der Waals surface area contributed by atoms with Gasteiger partial charge in [-0.05, 0) is 0 Å². The first-order chi connectivity index (χ1) is 14.5. The van der Waals surface area contributed by atoms with Gasteiger partial charge in [0.25, 0.3) is 0 Å². The average Bonchev–Trinajstić information content (AvgIpc) is 3.05. The van der Waals surface area contributed by atoms with Gasteiger partial charge < -0.3 is 0 Å². The van der Waals surface area contributed by atoms with E-state index in [9.17, 15) is 19.5 Å². The molecular formula is C21H17N3O5Sn. The molecule has 0 spiro atoms. The monoisotopic (exact) mass is 511 g/mol. The number of aromatic carboxylic acids is 1. The van der Waals surface area contributed by atoms with Gasteiger partial charge >= 0.3 is 181 Å². The van der Waals surface area contributed by atoms with Crippen LogP contribution in [0.15, 0.2) is 40.1 Å². The van der Waals surface area contributed by atoms with Crippen molar-refractivity contribution in [2.75, 3.05) is 6.61 Å². The Bertz CT molecular complexity index is 1300. The van der Waals surface area contributed by atoms with E-state index in [1.807, 2.05) is 0 Å². The van der Waals surface area contributed by atoms with Crippen molar-refractivity contribution in [3.8, 4) is 5.75 Å². The molecule has 30 heavy (non-hydrogen) atoms. The summed E-state index contributed by atoms with van der Waals surface area (Å²) in [5.74, 6) is -0.645. The minimum atomic E-state index is -1.82.